The summed E-state index contributed by atoms with van der Waals surface area (Å²) < 4.78 is 0. The molecule has 0 atom stereocenters. The highest BCUT2D eigenvalue weighted by Gasteiger charge is 2.31. The number of aliphatic hydroxyl groups is 1. The molecule has 0 aromatic carbocycles. The molecule has 17 heavy (non-hydrogen) atoms. The first-order chi connectivity index (χ1) is 8.09. The van der Waals surface area contributed by atoms with Crippen LogP contribution < -0.4 is 5.32 Å². The summed E-state index contributed by atoms with van der Waals surface area (Å²) in [6.07, 6.45) is 5.82. The van der Waals surface area contributed by atoms with Gasteiger partial charge in [0.05, 0.1) is 5.60 Å². The van der Waals surface area contributed by atoms with E-state index in [-0.39, 0.29) is 0 Å². The third kappa shape index (κ3) is 3.19. The number of nitrogens with zero attached hydrogens (tertiary/aromatic N) is 1. The molecular weight excluding hydrogens is 212 g/mol. The van der Waals surface area contributed by atoms with Crippen LogP contribution in [0.15, 0.2) is 18.3 Å². The van der Waals surface area contributed by atoms with Crippen molar-refractivity contribution in [3.05, 3.63) is 23.9 Å². The molecule has 94 valence electrons. The summed E-state index contributed by atoms with van der Waals surface area (Å²) >= 11 is 0. The lowest BCUT2D eigenvalue weighted by atomic mass is 9.79. The molecule has 1 heterocycles. The van der Waals surface area contributed by atoms with E-state index in [1.807, 2.05) is 19.1 Å². The van der Waals surface area contributed by atoms with Crippen molar-refractivity contribution in [2.24, 2.45) is 5.92 Å². The van der Waals surface area contributed by atoms with Gasteiger partial charge in [0.25, 0.3) is 0 Å². The quantitative estimate of drug-likeness (QED) is 0.845. The number of aromatic nitrogens is 1. The van der Waals surface area contributed by atoms with Gasteiger partial charge < -0.3 is 10.4 Å². The molecule has 0 bridgehead atoms. The molecule has 1 aromatic heterocycles. The predicted molar refractivity (Wildman–Crippen MR) is 70.0 cm³/mol. The van der Waals surface area contributed by atoms with Crippen LogP contribution >= 0.6 is 0 Å². The lowest BCUT2D eigenvalue weighted by Gasteiger charge is -2.35. The number of aryl methyl sites for hydroxylation is 1. The number of hydrogen-bond acceptors (Lipinski definition) is 3. The number of hydrogen-bond donors (Lipinski definition) is 2. The molecule has 1 aromatic rings. The zero-order valence-electron chi connectivity index (χ0n) is 10.7. The molecule has 1 fully saturated rings. The summed E-state index contributed by atoms with van der Waals surface area (Å²) in [6, 6.07) is 3.96. The summed E-state index contributed by atoms with van der Waals surface area (Å²) in [5, 5.41) is 13.7. The summed E-state index contributed by atoms with van der Waals surface area (Å²) in [4.78, 5) is 4.29. The van der Waals surface area contributed by atoms with Crippen LogP contribution in [0.3, 0.4) is 0 Å². The van der Waals surface area contributed by atoms with Crippen LogP contribution in [0.2, 0.25) is 0 Å². The number of anilines is 1. The molecule has 0 radical (unpaired) electrons. The van der Waals surface area contributed by atoms with Crippen molar-refractivity contribution in [2.75, 3.05) is 11.9 Å². The zero-order chi connectivity index (χ0) is 12.3. The third-order valence-corrected chi connectivity index (χ3v) is 3.80. The fraction of sp³-hybridized carbons (Fsp3) is 0.643. The maximum Gasteiger partial charge on any atom is 0.128 e. The van der Waals surface area contributed by atoms with Crippen molar-refractivity contribution in [2.45, 2.75) is 45.1 Å². The first-order valence-electron chi connectivity index (χ1n) is 6.47. The smallest absolute Gasteiger partial charge is 0.128 e. The first-order valence-corrected chi connectivity index (χ1v) is 6.47. The Labute approximate surface area is 103 Å². The predicted octanol–water partition coefficient (Wildman–Crippen LogP) is 2.74. The lowest BCUT2D eigenvalue weighted by molar-refractivity contribution is 0.00494. The molecule has 3 heteroatoms. The average molecular weight is 234 g/mol. The minimum Gasteiger partial charge on any atom is -0.388 e. The van der Waals surface area contributed by atoms with Gasteiger partial charge in [-0.15, -0.1) is 0 Å². The monoisotopic (exact) mass is 234 g/mol. The van der Waals surface area contributed by atoms with Gasteiger partial charge in [0.15, 0.2) is 0 Å². The van der Waals surface area contributed by atoms with Crippen molar-refractivity contribution < 1.29 is 5.11 Å². The Kier molecular flexibility index (Phi) is 3.67. The Morgan fingerprint density at radius 2 is 2.18 bits per heavy atom. The van der Waals surface area contributed by atoms with Gasteiger partial charge in [-0.25, -0.2) is 4.98 Å². The minimum absolute atomic E-state index is 0.545. The van der Waals surface area contributed by atoms with Gasteiger partial charge in [-0.2, -0.15) is 0 Å². The van der Waals surface area contributed by atoms with Gasteiger partial charge in [0.1, 0.15) is 5.82 Å². The lowest BCUT2D eigenvalue weighted by Crippen LogP contribution is -2.40. The van der Waals surface area contributed by atoms with E-state index >= 15 is 0 Å². The van der Waals surface area contributed by atoms with Crippen LogP contribution in [0.5, 0.6) is 0 Å². The number of nitrogens with one attached hydrogen (secondary N) is 1. The van der Waals surface area contributed by atoms with E-state index in [9.17, 15) is 5.11 Å². The van der Waals surface area contributed by atoms with Crippen molar-refractivity contribution >= 4 is 5.82 Å². The van der Waals surface area contributed by atoms with Crippen molar-refractivity contribution in [1.29, 1.82) is 0 Å². The summed E-state index contributed by atoms with van der Waals surface area (Å²) in [7, 11) is 0. The first kappa shape index (κ1) is 12.4. The summed E-state index contributed by atoms with van der Waals surface area (Å²) in [5.74, 6) is 1.64. The zero-order valence-corrected chi connectivity index (χ0v) is 10.7. The molecule has 2 rings (SSSR count). The molecule has 0 amide bonds. The van der Waals surface area contributed by atoms with Gasteiger partial charge in [0, 0.05) is 12.7 Å². The normalized spacial score (nSPS) is 29.0. The van der Waals surface area contributed by atoms with Crippen LogP contribution in [0.4, 0.5) is 5.82 Å². The van der Waals surface area contributed by atoms with Gasteiger partial charge in [-0.3, -0.25) is 0 Å². The average Bonchev–Trinajstić information content (AvgIpc) is 2.33. The van der Waals surface area contributed by atoms with Crippen LogP contribution in [0.25, 0.3) is 0 Å². The van der Waals surface area contributed by atoms with E-state index in [1.54, 1.807) is 6.20 Å². The van der Waals surface area contributed by atoms with E-state index in [2.05, 4.69) is 17.2 Å². The maximum atomic E-state index is 10.5. The van der Waals surface area contributed by atoms with Crippen LogP contribution in [-0.2, 0) is 0 Å². The van der Waals surface area contributed by atoms with Gasteiger partial charge in [0.2, 0.25) is 0 Å². The van der Waals surface area contributed by atoms with Crippen molar-refractivity contribution in [1.82, 2.24) is 4.98 Å². The second-order valence-electron chi connectivity index (χ2n) is 5.43. The number of rotatable bonds is 3. The van der Waals surface area contributed by atoms with Gasteiger partial charge in [-0.1, -0.05) is 13.0 Å². The highest BCUT2D eigenvalue weighted by atomic mass is 16.3. The van der Waals surface area contributed by atoms with E-state index in [0.29, 0.717) is 6.54 Å². The molecule has 1 aliphatic rings. The van der Waals surface area contributed by atoms with E-state index in [1.165, 1.54) is 0 Å². The highest BCUT2D eigenvalue weighted by Crippen LogP contribution is 2.31. The topological polar surface area (TPSA) is 45.2 Å². The van der Waals surface area contributed by atoms with Gasteiger partial charge in [-0.05, 0) is 50.2 Å². The van der Waals surface area contributed by atoms with E-state index in [0.717, 1.165) is 43.0 Å². The third-order valence-electron chi connectivity index (χ3n) is 3.80. The van der Waals surface area contributed by atoms with Crippen molar-refractivity contribution in [3.63, 3.8) is 0 Å². The Balaban J connectivity index is 1.92. The Hall–Kier alpha value is -1.09. The SMILES string of the molecule is Cc1cccnc1NCC1(O)CCC(C)CC1. The van der Waals surface area contributed by atoms with Crippen LogP contribution in [0.1, 0.15) is 38.2 Å². The molecule has 1 saturated carbocycles. The number of pyridine rings is 1. The molecule has 2 N–H and O–H groups in total. The Morgan fingerprint density at radius 1 is 1.47 bits per heavy atom. The molecule has 0 spiro atoms. The van der Waals surface area contributed by atoms with Crippen LogP contribution in [-0.4, -0.2) is 22.2 Å². The minimum atomic E-state index is -0.545. The second kappa shape index (κ2) is 5.05. The molecule has 0 saturated heterocycles. The standard InChI is InChI=1S/C14H22N2O/c1-11-5-7-14(17,8-6-11)10-16-13-12(2)4-3-9-15-13/h3-4,9,11,17H,5-8,10H2,1-2H3,(H,15,16). The molecule has 1 aliphatic carbocycles. The fourth-order valence-electron chi connectivity index (χ4n) is 2.40. The van der Waals surface area contributed by atoms with Crippen LogP contribution in [0, 0.1) is 12.8 Å². The summed E-state index contributed by atoms with van der Waals surface area (Å²) in [5.41, 5.74) is 0.580. The Morgan fingerprint density at radius 3 is 2.82 bits per heavy atom. The van der Waals surface area contributed by atoms with Crippen molar-refractivity contribution in [3.8, 4) is 0 Å². The summed E-state index contributed by atoms with van der Waals surface area (Å²) in [6.45, 7) is 4.90. The molecule has 0 unspecified atom stereocenters. The molecular formula is C14H22N2O. The molecule has 3 nitrogen and oxygen atoms in total. The second-order valence-corrected chi connectivity index (χ2v) is 5.43. The Bertz CT molecular complexity index is 370. The van der Waals surface area contributed by atoms with Gasteiger partial charge >= 0.3 is 0 Å². The van der Waals surface area contributed by atoms with E-state index < -0.39 is 5.60 Å². The molecule has 0 aliphatic heterocycles. The fourth-order valence-corrected chi connectivity index (χ4v) is 2.40. The van der Waals surface area contributed by atoms with E-state index in [4.69, 9.17) is 0 Å². The highest BCUT2D eigenvalue weighted by molar-refractivity contribution is 5.42. The largest absolute Gasteiger partial charge is 0.388 e. The maximum absolute atomic E-state index is 10.5.